The Morgan fingerprint density at radius 1 is 0.920 bits per heavy atom. The third kappa shape index (κ3) is 13.9. The summed E-state index contributed by atoms with van der Waals surface area (Å²) >= 11 is 0. The van der Waals surface area contributed by atoms with Gasteiger partial charge in [0.05, 0.1) is 0 Å². The molecule has 0 aromatic heterocycles. The van der Waals surface area contributed by atoms with Crippen molar-refractivity contribution in [3.63, 3.8) is 0 Å². The van der Waals surface area contributed by atoms with Crippen LogP contribution >= 0.6 is 0 Å². The molecule has 0 aromatic rings. The average Bonchev–Trinajstić information content (AvgIpc) is 2.56. The van der Waals surface area contributed by atoms with Crippen LogP contribution in [0.2, 0.25) is 0 Å². The van der Waals surface area contributed by atoms with Gasteiger partial charge in [0, 0.05) is 0 Å². The Hall–Kier alpha value is -1.05. The van der Waals surface area contributed by atoms with Crippen molar-refractivity contribution in [1.82, 2.24) is 0 Å². The third-order valence-electron chi connectivity index (χ3n) is 5.06. The van der Waals surface area contributed by atoms with Gasteiger partial charge in [-0.3, -0.25) is 0 Å². The molecule has 0 amide bonds. The van der Waals surface area contributed by atoms with Crippen LogP contribution in [0, 0.1) is 23.7 Å². The smallest absolute Gasteiger partial charge is 0.164 e. The lowest BCUT2D eigenvalue weighted by Crippen LogP contribution is -2.11. The summed E-state index contributed by atoms with van der Waals surface area (Å²) in [6.45, 7) is 22.6. The molecule has 25 heavy (non-hydrogen) atoms. The van der Waals surface area contributed by atoms with Crippen LogP contribution in [0.3, 0.4) is 0 Å². The molecule has 1 nitrogen and oxygen atoms in total. The van der Waals surface area contributed by atoms with Crippen molar-refractivity contribution in [2.75, 3.05) is 0 Å². The summed E-state index contributed by atoms with van der Waals surface area (Å²) in [6.07, 6.45) is 8.50. The maximum atomic E-state index is 13.3. The van der Waals surface area contributed by atoms with Crippen molar-refractivity contribution in [2.24, 2.45) is 23.7 Å². The van der Waals surface area contributed by atoms with Crippen LogP contribution < -0.4 is 0 Å². The minimum atomic E-state index is -0.688. The summed E-state index contributed by atoms with van der Waals surface area (Å²) in [5.41, 5.74) is 0.715. The van der Waals surface area contributed by atoms with Crippen LogP contribution in [-0.2, 0) is 0 Å². The SMILES string of the molecule is C=C(O)/C(F)=C\C(=C)C(C)CCC(C)C(C)CCC(C)CC.CCC. The zero-order chi connectivity index (χ0) is 20.0. The average molecular weight is 355 g/mol. The Morgan fingerprint density at radius 2 is 1.36 bits per heavy atom. The number of aliphatic hydroxyl groups excluding tert-OH is 1. The van der Waals surface area contributed by atoms with E-state index in [-0.39, 0.29) is 5.92 Å². The van der Waals surface area contributed by atoms with E-state index in [1.807, 2.05) is 0 Å². The second kappa shape index (κ2) is 15.2. The summed E-state index contributed by atoms with van der Waals surface area (Å²) in [5.74, 6) is 1.20. The Kier molecular flexibility index (Phi) is 15.9. The highest BCUT2D eigenvalue weighted by atomic mass is 19.1. The molecule has 0 bridgehead atoms. The van der Waals surface area contributed by atoms with Crippen molar-refractivity contribution >= 4 is 0 Å². The van der Waals surface area contributed by atoms with E-state index in [1.165, 1.54) is 31.8 Å². The maximum Gasteiger partial charge on any atom is 0.164 e. The Labute approximate surface area is 157 Å². The highest BCUT2D eigenvalue weighted by molar-refractivity contribution is 5.27. The number of hydrogen-bond acceptors (Lipinski definition) is 1. The zero-order valence-corrected chi connectivity index (χ0v) is 17.9. The molecular formula is C23H43FO. The largest absolute Gasteiger partial charge is 0.506 e. The van der Waals surface area contributed by atoms with Crippen LogP contribution in [0.1, 0.15) is 87.0 Å². The lowest BCUT2D eigenvalue weighted by Gasteiger charge is -2.23. The fraction of sp³-hybridized carbons (Fsp3) is 0.739. The molecule has 0 aliphatic rings. The Bertz CT molecular complexity index is 397. The first-order chi connectivity index (χ1) is 11.6. The highest BCUT2D eigenvalue weighted by Crippen LogP contribution is 2.28. The summed E-state index contributed by atoms with van der Waals surface area (Å²) < 4.78 is 13.3. The monoisotopic (exact) mass is 354 g/mol. The predicted molar refractivity (Wildman–Crippen MR) is 111 cm³/mol. The summed E-state index contributed by atoms with van der Waals surface area (Å²) in [6, 6.07) is 0. The van der Waals surface area contributed by atoms with E-state index in [1.54, 1.807) is 0 Å². The van der Waals surface area contributed by atoms with Crippen molar-refractivity contribution in [1.29, 1.82) is 0 Å². The highest BCUT2D eigenvalue weighted by Gasteiger charge is 2.15. The molecule has 0 aromatic carbocycles. The van der Waals surface area contributed by atoms with Gasteiger partial charge in [0.25, 0.3) is 0 Å². The Morgan fingerprint density at radius 3 is 1.76 bits per heavy atom. The van der Waals surface area contributed by atoms with Gasteiger partial charge in [-0.15, -0.1) is 0 Å². The van der Waals surface area contributed by atoms with Gasteiger partial charge >= 0.3 is 0 Å². The van der Waals surface area contributed by atoms with Gasteiger partial charge in [0.15, 0.2) is 5.83 Å². The molecule has 0 rings (SSSR count). The summed E-state index contributed by atoms with van der Waals surface area (Å²) in [7, 11) is 0. The minimum absolute atomic E-state index is 0.217. The van der Waals surface area contributed by atoms with E-state index in [0.29, 0.717) is 11.5 Å². The molecule has 2 heteroatoms. The quantitative estimate of drug-likeness (QED) is 0.292. The zero-order valence-electron chi connectivity index (χ0n) is 17.9. The first-order valence-corrected chi connectivity index (χ1v) is 10.0. The number of halogens is 1. The van der Waals surface area contributed by atoms with Crippen molar-refractivity contribution in [3.05, 3.63) is 36.4 Å². The summed E-state index contributed by atoms with van der Waals surface area (Å²) in [5, 5.41) is 8.99. The van der Waals surface area contributed by atoms with Crippen LogP contribution in [0.25, 0.3) is 0 Å². The lowest BCUT2D eigenvalue weighted by molar-refractivity contribution is 0.301. The van der Waals surface area contributed by atoms with Crippen molar-refractivity contribution < 1.29 is 9.50 Å². The van der Waals surface area contributed by atoms with Gasteiger partial charge in [-0.1, -0.05) is 87.3 Å². The first-order valence-electron chi connectivity index (χ1n) is 10.0. The standard InChI is InChI=1S/C20H35FO.C3H8/c1-8-14(2)9-10-15(3)16(4)11-12-17(5)18(6)13-20(21)19(7)22;1-3-2/h13-17,22H,6-12H2,1-5H3;3H2,1-2H3/b20-13+;. The fourth-order valence-corrected chi connectivity index (χ4v) is 2.41. The van der Waals surface area contributed by atoms with Gasteiger partial charge < -0.3 is 5.11 Å². The molecular weight excluding hydrogens is 311 g/mol. The van der Waals surface area contributed by atoms with E-state index in [0.717, 1.165) is 24.7 Å². The molecule has 1 N–H and O–H groups in total. The molecule has 0 aliphatic carbocycles. The lowest BCUT2D eigenvalue weighted by atomic mass is 9.83. The van der Waals surface area contributed by atoms with Crippen molar-refractivity contribution in [3.8, 4) is 0 Å². The van der Waals surface area contributed by atoms with Crippen LogP contribution in [-0.4, -0.2) is 5.11 Å². The van der Waals surface area contributed by atoms with Crippen LogP contribution in [0.4, 0.5) is 4.39 Å². The van der Waals surface area contributed by atoms with E-state index in [4.69, 9.17) is 5.11 Å². The molecule has 0 fully saturated rings. The molecule has 0 heterocycles. The molecule has 4 unspecified atom stereocenters. The molecule has 148 valence electrons. The van der Waals surface area contributed by atoms with Gasteiger partial charge in [0.1, 0.15) is 5.76 Å². The molecule has 0 saturated carbocycles. The van der Waals surface area contributed by atoms with Gasteiger partial charge in [-0.05, 0) is 48.2 Å². The number of aliphatic hydroxyl groups is 1. The molecule has 4 atom stereocenters. The Balaban J connectivity index is 0. The maximum absolute atomic E-state index is 13.3. The van der Waals surface area contributed by atoms with E-state index in [9.17, 15) is 4.39 Å². The van der Waals surface area contributed by atoms with Crippen LogP contribution in [0.15, 0.2) is 36.4 Å². The predicted octanol–water partition coefficient (Wildman–Crippen LogP) is 8.40. The molecule has 0 spiro atoms. The van der Waals surface area contributed by atoms with Crippen LogP contribution in [0.5, 0.6) is 0 Å². The van der Waals surface area contributed by atoms with E-state index >= 15 is 0 Å². The number of allylic oxidation sites excluding steroid dienone is 3. The molecule has 0 saturated heterocycles. The normalized spacial score (nSPS) is 16.2. The van der Waals surface area contributed by atoms with Gasteiger partial charge in [-0.2, -0.15) is 0 Å². The second-order valence-corrected chi connectivity index (χ2v) is 7.74. The number of rotatable bonds is 11. The topological polar surface area (TPSA) is 20.2 Å². The number of hydrogen-bond donors (Lipinski definition) is 1. The van der Waals surface area contributed by atoms with Crippen molar-refractivity contribution in [2.45, 2.75) is 87.0 Å². The molecule has 0 aliphatic heterocycles. The first kappa shape index (κ1) is 26.2. The third-order valence-corrected chi connectivity index (χ3v) is 5.06. The van der Waals surface area contributed by atoms with Gasteiger partial charge in [0.2, 0.25) is 0 Å². The van der Waals surface area contributed by atoms with E-state index < -0.39 is 11.6 Å². The van der Waals surface area contributed by atoms with E-state index in [2.05, 4.69) is 61.6 Å². The second-order valence-electron chi connectivity index (χ2n) is 7.74. The van der Waals surface area contributed by atoms with Gasteiger partial charge in [-0.25, -0.2) is 4.39 Å². The fourth-order valence-electron chi connectivity index (χ4n) is 2.41. The summed E-state index contributed by atoms with van der Waals surface area (Å²) in [4.78, 5) is 0. The molecule has 0 radical (unpaired) electrons. The minimum Gasteiger partial charge on any atom is -0.506 e.